The van der Waals surface area contributed by atoms with Crippen LogP contribution in [0.2, 0.25) is 0 Å². The van der Waals surface area contributed by atoms with E-state index in [1.165, 1.54) is 12.8 Å². The van der Waals surface area contributed by atoms with Gasteiger partial charge in [0.25, 0.3) is 0 Å². The molecule has 9 atom stereocenters. The van der Waals surface area contributed by atoms with Gasteiger partial charge in [0.05, 0.1) is 18.3 Å². The molecule has 0 heterocycles. The molecule has 0 saturated heterocycles. The smallest absolute Gasteiger partial charge is 0.0597 e. The van der Waals surface area contributed by atoms with E-state index >= 15 is 0 Å². The molecule has 0 amide bonds. The summed E-state index contributed by atoms with van der Waals surface area (Å²) in [5.74, 6) is 2.10. The van der Waals surface area contributed by atoms with Crippen molar-refractivity contribution in [1.82, 2.24) is 0 Å². The van der Waals surface area contributed by atoms with Gasteiger partial charge in [0.2, 0.25) is 0 Å². The summed E-state index contributed by atoms with van der Waals surface area (Å²) in [5, 5.41) is 31.6. The van der Waals surface area contributed by atoms with Crippen molar-refractivity contribution in [2.24, 2.45) is 34.5 Å². The third-order valence-corrected chi connectivity index (χ3v) is 8.52. The standard InChI is InChI=1S/C19H32O3/c1-18-8-7-12(20)9-11(18)3-4-13-14-5-6-16(22)19(14,2)10-15(21)17(13)18/h11-17,20-22H,3-10H2,1-2H3/t11-,12-,13+,14+,15-,16+,17-,18+,19+/m1/s1. The molecule has 0 aromatic heterocycles. The summed E-state index contributed by atoms with van der Waals surface area (Å²) in [4.78, 5) is 0. The van der Waals surface area contributed by atoms with Gasteiger partial charge >= 0.3 is 0 Å². The summed E-state index contributed by atoms with van der Waals surface area (Å²) >= 11 is 0. The van der Waals surface area contributed by atoms with Crippen LogP contribution in [0.15, 0.2) is 0 Å². The van der Waals surface area contributed by atoms with Crippen molar-refractivity contribution in [2.45, 2.75) is 83.5 Å². The molecule has 0 aromatic carbocycles. The van der Waals surface area contributed by atoms with Crippen LogP contribution in [-0.2, 0) is 0 Å². The van der Waals surface area contributed by atoms with Crippen molar-refractivity contribution in [3.8, 4) is 0 Å². The van der Waals surface area contributed by atoms with Crippen LogP contribution < -0.4 is 0 Å². The number of hydrogen-bond donors (Lipinski definition) is 3. The molecule has 126 valence electrons. The number of aliphatic hydroxyl groups is 3. The molecule has 4 saturated carbocycles. The first-order valence-corrected chi connectivity index (χ1v) is 9.40. The quantitative estimate of drug-likeness (QED) is 0.645. The van der Waals surface area contributed by atoms with Crippen molar-refractivity contribution >= 4 is 0 Å². The molecule has 0 aromatic rings. The molecule has 4 aliphatic carbocycles. The fourth-order valence-electron chi connectivity index (χ4n) is 7.33. The van der Waals surface area contributed by atoms with Crippen LogP contribution in [0.4, 0.5) is 0 Å². The van der Waals surface area contributed by atoms with Crippen LogP contribution >= 0.6 is 0 Å². The van der Waals surface area contributed by atoms with Crippen molar-refractivity contribution < 1.29 is 15.3 Å². The Morgan fingerprint density at radius 3 is 2.41 bits per heavy atom. The lowest BCUT2D eigenvalue weighted by atomic mass is 9.44. The highest BCUT2D eigenvalue weighted by atomic mass is 16.3. The lowest BCUT2D eigenvalue weighted by Crippen LogP contribution is -2.59. The Balaban J connectivity index is 1.68. The maximum Gasteiger partial charge on any atom is 0.0597 e. The average Bonchev–Trinajstić information content (AvgIpc) is 2.75. The third kappa shape index (κ3) is 1.91. The van der Waals surface area contributed by atoms with Crippen LogP contribution in [0.3, 0.4) is 0 Å². The van der Waals surface area contributed by atoms with Crippen molar-refractivity contribution in [3.63, 3.8) is 0 Å². The zero-order valence-corrected chi connectivity index (χ0v) is 14.0. The molecule has 4 rings (SSSR count). The minimum Gasteiger partial charge on any atom is -0.393 e. The highest BCUT2D eigenvalue weighted by Crippen LogP contribution is 2.66. The van der Waals surface area contributed by atoms with E-state index in [0.717, 1.165) is 38.5 Å². The predicted octanol–water partition coefficient (Wildman–Crippen LogP) is 2.72. The molecule has 0 unspecified atom stereocenters. The summed E-state index contributed by atoms with van der Waals surface area (Å²) in [5.41, 5.74) is 0.119. The molecule has 0 radical (unpaired) electrons. The zero-order chi connectivity index (χ0) is 15.7. The fraction of sp³-hybridized carbons (Fsp3) is 1.00. The molecule has 3 nitrogen and oxygen atoms in total. The molecule has 0 aliphatic heterocycles. The van der Waals surface area contributed by atoms with Gasteiger partial charge in [-0.15, -0.1) is 0 Å². The molecule has 3 N–H and O–H groups in total. The lowest BCUT2D eigenvalue weighted by molar-refractivity contribution is -0.183. The minimum absolute atomic E-state index is 0.0715. The number of hydrogen-bond acceptors (Lipinski definition) is 3. The number of aliphatic hydroxyl groups excluding tert-OH is 3. The Kier molecular flexibility index (Phi) is 3.46. The van der Waals surface area contributed by atoms with Gasteiger partial charge in [0.1, 0.15) is 0 Å². The van der Waals surface area contributed by atoms with E-state index in [1.54, 1.807) is 0 Å². The maximum atomic E-state index is 11.0. The van der Waals surface area contributed by atoms with E-state index in [-0.39, 0.29) is 29.1 Å². The second kappa shape index (κ2) is 4.94. The van der Waals surface area contributed by atoms with Gasteiger partial charge in [0.15, 0.2) is 0 Å². The van der Waals surface area contributed by atoms with E-state index < -0.39 is 0 Å². The maximum absolute atomic E-state index is 11.0. The Morgan fingerprint density at radius 2 is 1.64 bits per heavy atom. The SMILES string of the molecule is C[C@]12CC[C@@H](O)C[C@H]1CC[C@@H]1[C@@H]2[C@H](O)C[C@]2(C)[C@@H](O)CC[C@@H]12. The Morgan fingerprint density at radius 1 is 0.864 bits per heavy atom. The third-order valence-electron chi connectivity index (χ3n) is 8.52. The van der Waals surface area contributed by atoms with Gasteiger partial charge < -0.3 is 15.3 Å². The van der Waals surface area contributed by atoms with Gasteiger partial charge in [-0.25, -0.2) is 0 Å². The molecular weight excluding hydrogens is 276 g/mol. The van der Waals surface area contributed by atoms with Crippen LogP contribution in [0.1, 0.15) is 65.2 Å². The van der Waals surface area contributed by atoms with E-state index in [0.29, 0.717) is 23.7 Å². The largest absolute Gasteiger partial charge is 0.393 e. The van der Waals surface area contributed by atoms with Crippen LogP contribution in [0.25, 0.3) is 0 Å². The first-order valence-electron chi connectivity index (χ1n) is 9.40. The molecular formula is C19H32O3. The summed E-state index contributed by atoms with van der Waals surface area (Å²) in [6.07, 6.45) is 7.44. The summed E-state index contributed by atoms with van der Waals surface area (Å²) in [6.45, 7) is 4.60. The molecule has 4 fully saturated rings. The van der Waals surface area contributed by atoms with E-state index in [9.17, 15) is 15.3 Å². The second-order valence-electron chi connectivity index (χ2n) is 9.37. The van der Waals surface area contributed by atoms with Crippen molar-refractivity contribution in [1.29, 1.82) is 0 Å². The molecule has 4 aliphatic rings. The van der Waals surface area contributed by atoms with E-state index in [1.807, 2.05) is 0 Å². The Hall–Kier alpha value is -0.120. The summed E-state index contributed by atoms with van der Waals surface area (Å²) < 4.78 is 0. The minimum atomic E-state index is -0.276. The van der Waals surface area contributed by atoms with Gasteiger partial charge in [-0.3, -0.25) is 0 Å². The lowest BCUT2D eigenvalue weighted by Gasteiger charge is -2.62. The van der Waals surface area contributed by atoms with Gasteiger partial charge in [-0.05, 0) is 85.9 Å². The first kappa shape index (κ1) is 15.4. The first-order chi connectivity index (χ1) is 10.4. The van der Waals surface area contributed by atoms with Crippen molar-refractivity contribution in [2.75, 3.05) is 0 Å². The van der Waals surface area contributed by atoms with Crippen LogP contribution in [-0.4, -0.2) is 33.6 Å². The topological polar surface area (TPSA) is 60.7 Å². The van der Waals surface area contributed by atoms with E-state index in [2.05, 4.69) is 13.8 Å². The zero-order valence-electron chi connectivity index (χ0n) is 14.0. The Bertz CT molecular complexity index is 452. The summed E-state index contributed by atoms with van der Waals surface area (Å²) in [6, 6.07) is 0. The van der Waals surface area contributed by atoms with Crippen LogP contribution in [0, 0.1) is 34.5 Å². The second-order valence-corrected chi connectivity index (χ2v) is 9.37. The molecule has 0 bridgehead atoms. The number of rotatable bonds is 0. The van der Waals surface area contributed by atoms with Crippen molar-refractivity contribution in [3.05, 3.63) is 0 Å². The summed E-state index contributed by atoms with van der Waals surface area (Å²) in [7, 11) is 0. The normalized spacial score (nSPS) is 61.2. The van der Waals surface area contributed by atoms with Gasteiger partial charge in [-0.1, -0.05) is 13.8 Å². The Labute approximate surface area is 134 Å². The predicted molar refractivity (Wildman–Crippen MR) is 85.1 cm³/mol. The monoisotopic (exact) mass is 308 g/mol. The highest BCUT2D eigenvalue weighted by molar-refractivity contribution is 5.12. The molecule has 3 heteroatoms. The van der Waals surface area contributed by atoms with E-state index in [4.69, 9.17) is 0 Å². The average molecular weight is 308 g/mol. The van der Waals surface area contributed by atoms with Crippen LogP contribution in [0.5, 0.6) is 0 Å². The molecule has 0 spiro atoms. The molecule has 22 heavy (non-hydrogen) atoms. The highest BCUT2D eigenvalue weighted by Gasteiger charge is 2.62. The van der Waals surface area contributed by atoms with Gasteiger partial charge in [0, 0.05) is 0 Å². The fourth-order valence-corrected chi connectivity index (χ4v) is 7.33. The van der Waals surface area contributed by atoms with Gasteiger partial charge in [-0.2, -0.15) is 0 Å². The number of fused-ring (bicyclic) bond motifs is 5.